The van der Waals surface area contributed by atoms with E-state index in [9.17, 15) is 69.2 Å². The van der Waals surface area contributed by atoms with E-state index in [0.29, 0.717) is 67.1 Å². The topological polar surface area (TPSA) is 467 Å². The molecule has 0 radical (unpaired) electrons. The molecule has 9 rings (SSSR count). The molecule has 12 N–H and O–H groups in total. The van der Waals surface area contributed by atoms with E-state index in [1.54, 1.807) is 6.08 Å². The number of allylic oxidation sites excluding steroid dienone is 8. The number of anilines is 3. The van der Waals surface area contributed by atoms with Crippen molar-refractivity contribution in [3.63, 3.8) is 0 Å². The number of aromatic amines is 1. The number of nitrogens with zero attached hydrogens (tertiary/aromatic N) is 5. The second kappa shape index (κ2) is 29.3. The number of fused-ring (bicyclic) bond motifs is 4. The van der Waals surface area contributed by atoms with Crippen LogP contribution in [-0.2, 0) is 62.0 Å². The average molecular weight is 1430 g/mol. The molecule has 1 saturated heterocycles. The summed E-state index contributed by atoms with van der Waals surface area (Å²) in [6.07, 6.45) is 9.28. The van der Waals surface area contributed by atoms with Gasteiger partial charge in [0, 0.05) is 84.4 Å². The first kappa shape index (κ1) is 73.4. The molecular formula is C60H76N9O22P3S2. The molecule has 6 heterocycles. The largest absolute Gasteiger partial charge is 0.748 e. The fourth-order valence-electron chi connectivity index (χ4n) is 12.3. The van der Waals surface area contributed by atoms with Gasteiger partial charge >= 0.3 is 23.5 Å². The minimum Gasteiger partial charge on any atom is -0.748 e. The van der Waals surface area contributed by atoms with Gasteiger partial charge in [-0.3, -0.25) is 28.2 Å². The molecule has 0 aliphatic carbocycles. The maximum atomic E-state index is 13.5. The Morgan fingerprint density at radius 2 is 1.61 bits per heavy atom. The first-order chi connectivity index (χ1) is 45.0. The smallest absolute Gasteiger partial charge is 0.490 e. The van der Waals surface area contributed by atoms with Crippen LogP contribution in [0.15, 0.2) is 113 Å². The number of ether oxygens (including phenoxy) is 2. The Balaban J connectivity index is 0.847. The van der Waals surface area contributed by atoms with Crippen molar-refractivity contribution in [1.29, 1.82) is 0 Å². The molecule has 5 aromatic rings. The molecule has 0 spiro atoms. The third-order valence-corrected chi connectivity index (χ3v) is 22.0. The molecule has 1 fully saturated rings. The standard InChI is InChI=1S/C60H76N9O22P3S2/c1-6-68-45-34-47-42(33-41(45)37(2)35-59(68,3)4)39(31-46(88-47)38-19-11-9-12-20-38)21-13-10-14-22-49-60(5,43-32-40(96(84,85)86)24-25-44(43)67(49)29-18-30-95(81,82)83)26-17-23-50(70)62-27-15-7-8-16-28-63-58-64-51-54(65-57(61)66-55(51)73)69(58)56-53(72)52(71)48(89-56)36-87-93(77,78)91-94(79,80)90-92(74,75)76/h9-14,19-22,24-25,31-35,48,52-53,56,71-72H,6-8,15-18,23,26-30,36H2,1-5H3,(H10-,61,62,63,64,65,66,70,73,74,75,76,77,78,79,80,81,82,83,84,85,86)/t48-,52-,53-,56-,60?/m1/s1. The normalized spacial score (nSPS) is 22.0. The number of nitrogen functional groups attached to an aromatic ring is 1. The van der Waals surface area contributed by atoms with Crippen LogP contribution in [0.25, 0.3) is 28.1 Å². The molecule has 4 aliphatic rings. The lowest BCUT2D eigenvalue weighted by Crippen LogP contribution is -2.44. The number of H-pyrrole nitrogens is 1. The summed E-state index contributed by atoms with van der Waals surface area (Å²) in [5.74, 6) is -0.0359. The van der Waals surface area contributed by atoms with Crippen molar-refractivity contribution in [3.05, 3.63) is 136 Å². The van der Waals surface area contributed by atoms with Crippen LogP contribution in [0.4, 0.5) is 23.3 Å². The number of aliphatic hydroxyl groups excluding tert-OH is 2. The number of unbranched alkanes of at least 4 members (excludes halogenated alkanes) is 3. The maximum Gasteiger partial charge on any atom is 0.490 e. The second-order valence-electron chi connectivity index (χ2n) is 24.0. The van der Waals surface area contributed by atoms with Crippen molar-refractivity contribution in [1.82, 2.24) is 24.8 Å². The van der Waals surface area contributed by atoms with Gasteiger partial charge in [0.05, 0.1) is 32.6 Å². The SMILES string of the molecule is CCN1c2cc3c(cc2C(C)=CC1(C)C)C(=CC=CC=CC1=[N+](CCCS(=O)(=O)[O-])c2ccc(S(=O)(=O)O)cc2C1(C)CCCC(=O)NCCCCCCNc1nc2c(=O)[nH]c(N)nc2n1[C@@H]1O[C@H](COP(=O)(O)OP(=O)(O)OP(=O)(O)O)[C@@H](O)[C@H]1O)C=C(c1ccccc1)O3. The molecule has 1 amide bonds. The summed E-state index contributed by atoms with van der Waals surface area (Å²) >= 11 is 0. The van der Waals surface area contributed by atoms with Gasteiger partial charge in [-0.1, -0.05) is 73.6 Å². The average Bonchev–Trinajstić information content (AvgIpc) is 1.36. The van der Waals surface area contributed by atoms with Crippen LogP contribution in [0.2, 0.25) is 0 Å². The third-order valence-electron chi connectivity index (χ3n) is 16.6. The number of imidazole rings is 1. The molecule has 0 saturated carbocycles. The van der Waals surface area contributed by atoms with E-state index in [1.807, 2.05) is 72.2 Å². The number of phosphoric ester groups is 1. The molecule has 96 heavy (non-hydrogen) atoms. The number of aliphatic hydroxyl groups is 2. The molecular weight excluding hydrogens is 1360 g/mol. The van der Waals surface area contributed by atoms with Gasteiger partial charge in [-0.2, -0.15) is 26.6 Å². The quantitative estimate of drug-likeness (QED) is 0.00739. The zero-order chi connectivity index (χ0) is 69.9. The van der Waals surface area contributed by atoms with E-state index >= 15 is 0 Å². The van der Waals surface area contributed by atoms with E-state index in [0.717, 1.165) is 44.6 Å². The van der Waals surface area contributed by atoms with Crippen molar-refractivity contribution >= 4 is 107 Å². The number of aromatic nitrogens is 4. The number of carbonyl (C=O) groups excluding carboxylic acids is 1. The lowest BCUT2D eigenvalue weighted by molar-refractivity contribution is -0.437. The van der Waals surface area contributed by atoms with Crippen molar-refractivity contribution < 1.29 is 101 Å². The van der Waals surface area contributed by atoms with Gasteiger partial charge in [0.2, 0.25) is 23.5 Å². The maximum absolute atomic E-state index is 13.5. The zero-order valence-electron chi connectivity index (χ0n) is 52.7. The van der Waals surface area contributed by atoms with Gasteiger partial charge in [0.25, 0.3) is 15.7 Å². The molecule has 4 aliphatic heterocycles. The molecule has 0 bridgehead atoms. The first-order valence-corrected chi connectivity index (χ1v) is 38.0. The van der Waals surface area contributed by atoms with E-state index in [1.165, 1.54) is 18.2 Å². The summed E-state index contributed by atoms with van der Waals surface area (Å²) < 4.78 is 134. The number of likely N-dealkylation sites (N-methyl/N-ethyl adjacent to an activating group) is 1. The van der Waals surface area contributed by atoms with E-state index < -0.39 is 91.6 Å². The monoisotopic (exact) mass is 1430 g/mol. The highest BCUT2D eigenvalue weighted by Crippen LogP contribution is 2.66. The van der Waals surface area contributed by atoms with Crippen LogP contribution in [0, 0.1) is 0 Å². The zero-order valence-corrected chi connectivity index (χ0v) is 57.1. The molecule has 2 aromatic heterocycles. The fraction of sp³-hybridized carbons (Fsp3) is 0.417. The number of nitrogens with one attached hydrogen (secondary N) is 3. The third kappa shape index (κ3) is 17.5. The first-order valence-electron chi connectivity index (χ1n) is 30.4. The van der Waals surface area contributed by atoms with Gasteiger partial charge in [0.15, 0.2) is 23.1 Å². The second-order valence-corrected chi connectivity index (χ2v) is 31.3. The molecule has 31 nitrogen and oxygen atoms in total. The van der Waals surface area contributed by atoms with Crippen molar-refractivity contribution in [2.75, 3.05) is 54.5 Å². The molecule has 3 unspecified atom stereocenters. The minimum atomic E-state index is -5.89. The van der Waals surface area contributed by atoms with Gasteiger partial charge in [0.1, 0.15) is 36.4 Å². The number of hydrogen-bond donors (Lipinski definition) is 11. The summed E-state index contributed by atoms with van der Waals surface area (Å²) in [6, 6.07) is 18.2. The van der Waals surface area contributed by atoms with Crippen LogP contribution in [0.3, 0.4) is 0 Å². The van der Waals surface area contributed by atoms with Gasteiger partial charge < -0.3 is 65.1 Å². The predicted molar refractivity (Wildman–Crippen MR) is 353 cm³/mol. The number of nitrogens with two attached hydrogens (primary N) is 1. The summed E-state index contributed by atoms with van der Waals surface area (Å²) in [5, 5.41) is 27.9. The molecule has 520 valence electrons. The van der Waals surface area contributed by atoms with E-state index in [2.05, 4.69) is 89.5 Å². The highest BCUT2D eigenvalue weighted by molar-refractivity contribution is 7.86. The van der Waals surface area contributed by atoms with Gasteiger partial charge in [-0.15, -0.1) is 0 Å². The molecule has 36 heteroatoms. The predicted octanol–water partition coefficient (Wildman–Crippen LogP) is 6.81. The van der Waals surface area contributed by atoms with E-state index in [-0.39, 0.29) is 71.8 Å². The van der Waals surface area contributed by atoms with Crippen LogP contribution in [0.5, 0.6) is 5.75 Å². The van der Waals surface area contributed by atoms with Crippen LogP contribution < -0.4 is 31.6 Å². The number of rotatable bonds is 30. The molecule has 3 aromatic carbocycles. The number of benzene rings is 3. The van der Waals surface area contributed by atoms with Crippen molar-refractivity contribution in [3.8, 4) is 5.75 Å². The highest BCUT2D eigenvalue weighted by Gasteiger charge is 2.50. The number of carbonyl (C=O) groups is 1. The minimum absolute atomic E-state index is 0.0521. The summed E-state index contributed by atoms with van der Waals surface area (Å²) in [5.41, 5.74) is 10.9. The summed E-state index contributed by atoms with van der Waals surface area (Å²) in [6.45, 7) is 10.7. The Labute approximate surface area is 552 Å². The Morgan fingerprint density at radius 1 is 0.896 bits per heavy atom. The lowest BCUT2D eigenvalue weighted by Gasteiger charge is -2.43. The number of hydrogen-bond acceptors (Lipinski definition) is 22. The number of amides is 1. The van der Waals surface area contributed by atoms with E-state index in [4.69, 9.17) is 25.0 Å². The van der Waals surface area contributed by atoms with Gasteiger partial charge in [-0.05, 0) is 95.7 Å². The van der Waals surface area contributed by atoms with Crippen molar-refractivity contribution in [2.45, 2.75) is 126 Å². The summed E-state index contributed by atoms with van der Waals surface area (Å²) in [7, 11) is -26.6. The van der Waals surface area contributed by atoms with Crippen molar-refractivity contribution in [2.24, 2.45) is 0 Å². The highest BCUT2D eigenvalue weighted by atomic mass is 32.2. The van der Waals surface area contributed by atoms with Gasteiger partial charge in [-0.25, -0.2) is 27.1 Å². The Kier molecular flexibility index (Phi) is 22.4. The Morgan fingerprint density at radius 3 is 2.30 bits per heavy atom. The molecule has 7 atom stereocenters. The Bertz CT molecular complexity index is 4450. The summed E-state index contributed by atoms with van der Waals surface area (Å²) in [4.78, 5) is 76.1. The van der Waals surface area contributed by atoms with Crippen LogP contribution >= 0.6 is 23.5 Å². The van der Waals surface area contributed by atoms with Crippen LogP contribution in [-0.4, -0.2) is 154 Å². The Hall–Kier alpha value is -6.84. The lowest BCUT2D eigenvalue weighted by atomic mass is 9.75. The van der Waals surface area contributed by atoms with Crippen LogP contribution in [0.1, 0.15) is 114 Å². The number of phosphoric acid groups is 3. The fourth-order valence-corrected chi connectivity index (χ4v) is 16.4.